The first-order chi connectivity index (χ1) is 12.6. The maximum atomic E-state index is 6.51. The van der Waals surface area contributed by atoms with Crippen molar-refractivity contribution in [2.75, 3.05) is 18.6 Å². The number of furan rings is 1. The molecule has 2 atom stereocenters. The monoisotopic (exact) mass is 346 g/mol. The molecule has 1 aromatic heterocycles. The summed E-state index contributed by atoms with van der Waals surface area (Å²) >= 11 is 0. The lowest BCUT2D eigenvalue weighted by Gasteiger charge is -2.55. The average molecular weight is 346 g/mol. The van der Waals surface area contributed by atoms with Crippen LogP contribution in [0.3, 0.4) is 0 Å². The summed E-state index contributed by atoms with van der Waals surface area (Å²) in [6.07, 6.45) is 2.65. The van der Waals surface area contributed by atoms with Crippen molar-refractivity contribution < 1.29 is 9.15 Å². The van der Waals surface area contributed by atoms with Gasteiger partial charge in [0.15, 0.2) is 5.72 Å². The molecule has 0 spiro atoms. The van der Waals surface area contributed by atoms with Crippen LogP contribution in [0.4, 0.5) is 5.69 Å². The molecule has 4 nitrogen and oxygen atoms in total. The summed E-state index contributed by atoms with van der Waals surface area (Å²) in [6, 6.07) is 21.2. The normalized spacial score (nSPS) is 24.8. The largest absolute Gasteiger partial charge is 0.468 e. The zero-order chi connectivity index (χ0) is 17.7. The highest BCUT2D eigenvalue weighted by Gasteiger charge is 2.47. The number of para-hydroxylation sites is 1. The number of fused-ring (bicyclic) bond motifs is 4. The second-order valence-corrected chi connectivity index (χ2v) is 7.39. The quantitative estimate of drug-likeness (QED) is 0.660. The number of rotatable bonds is 2. The first-order valence-electron chi connectivity index (χ1n) is 9.04. The SMILES string of the molecule is CN1CN(c2cccc(-c3ccco3)c2)C2(C)CC1c1ccccc1O2. The molecule has 132 valence electrons. The molecule has 0 aliphatic carbocycles. The number of nitrogens with zero attached hydrogens (tertiary/aromatic N) is 2. The molecule has 0 saturated carbocycles. The first-order valence-corrected chi connectivity index (χ1v) is 9.04. The fourth-order valence-electron chi connectivity index (χ4n) is 4.25. The Balaban J connectivity index is 1.56. The number of ether oxygens (including phenoxy) is 1. The molecule has 1 saturated heterocycles. The van der Waals surface area contributed by atoms with Gasteiger partial charge < -0.3 is 14.1 Å². The molecule has 26 heavy (non-hydrogen) atoms. The van der Waals surface area contributed by atoms with Crippen LogP contribution < -0.4 is 9.64 Å². The van der Waals surface area contributed by atoms with Crippen molar-refractivity contribution >= 4 is 5.69 Å². The lowest BCUT2D eigenvalue weighted by molar-refractivity contribution is -0.0240. The highest BCUT2D eigenvalue weighted by Crippen LogP contribution is 2.48. The molecule has 2 bridgehead atoms. The van der Waals surface area contributed by atoms with E-state index in [1.54, 1.807) is 6.26 Å². The van der Waals surface area contributed by atoms with Gasteiger partial charge in [0.05, 0.1) is 12.9 Å². The second kappa shape index (κ2) is 5.64. The lowest BCUT2D eigenvalue weighted by Crippen LogP contribution is -2.62. The molecule has 4 heteroatoms. The minimum atomic E-state index is -0.368. The summed E-state index contributed by atoms with van der Waals surface area (Å²) in [5, 5.41) is 0. The van der Waals surface area contributed by atoms with Crippen LogP contribution >= 0.6 is 0 Å². The fourth-order valence-corrected chi connectivity index (χ4v) is 4.25. The molecule has 0 amide bonds. The summed E-state index contributed by atoms with van der Waals surface area (Å²) in [5.41, 5.74) is 3.15. The Morgan fingerprint density at radius 2 is 1.92 bits per heavy atom. The number of hydrogen-bond acceptors (Lipinski definition) is 4. The van der Waals surface area contributed by atoms with Crippen molar-refractivity contribution in [3.8, 4) is 17.1 Å². The molecule has 2 aromatic carbocycles. The standard InChI is InChI=1S/C22H22N2O2/c1-22-14-19(18-9-3-4-10-21(18)26-22)23(2)15-24(22)17-8-5-7-16(13-17)20-11-6-12-25-20/h3-13,19H,14-15H2,1-2H3. The van der Waals surface area contributed by atoms with Gasteiger partial charge in [0, 0.05) is 29.3 Å². The molecule has 0 N–H and O–H groups in total. The van der Waals surface area contributed by atoms with Gasteiger partial charge in [0.1, 0.15) is 11.5 Å². The van der Waals surface area contributed by atoms with Crippen LogP contribution in [0.1, 0.15) is 24.9 Å². The third-order valence-electron chi connectivity index (χ3n) is 5.61. The molecule has 1 fully saturated rings. The molecule has 5 rings (SSSR count). The van der Waals surface area contributed by atoms with Gasteiger partial charge in [0.25, 0.3) is 0 Å². The van der Waals surface area contributed by atoms with Gasteiger partial charge in [-0.1, -0.05) is 30.3 Å². The van der Waals surface area contributed by atoms with Crippen LogP contribution in [0.25, 0.3) is 11.3 Å². The third kappa shape index (κ3) is 2.33. The molecule has 3 aromatic rings. The van der Waals surface area contributed by atoms with Crippen molar-refractivity contribution in [2.45, 2.75) is 25.1 Å². The van der Waals surface area contributed by atoms with Gasteiger partial charge in [-0.25, -0.2) is 0 Å². The van der Waals surface area contributed by atoms with Crippen LogP contribution in [-0.4, -0.2) is 24.3 Å². The fraction of sp³-hybridized carbons (Fsp3) is 0.273. The van der Waals surface area contributed by atoms with E-state index in [1.807, 2.05) is 18.2 Å². The summed E-state index contributed by atoms with van der Waals surface area (Å²) in [6.45, 7) is 3.01. The maximum absolute atomic E-state index is 6.51. The van der Waals surface area contributed by atoms with Gasteiger partial charge in [-0.05, 0) is 44.3 Å². The summed E-state index contributed by atoms with van der Waals surface area (Å²) in [5.74, 6) is 1.88. The highest BCUT2D eigenvalue weighted by atomic mass is 16.5. The van der Waals surface area contributed by atoms with Gasteiger partial charge in [0.2, 0.25) is 0 Å². The highest BCUT2D eigenvalue weighted by molar-refractivity contribution is 5.65. The number of benzene rings is 2. The smallest absolute Gasteiger partial charge is 0.183 e. The first kappa shape index (κ1) is 15.5. The van der Waals surface area contributed by atoms with Gasteiger partial charge >= 0.3 is 0 Å². The van der Waals surface area contributed by atoms with Crippen molar-refractivity contribution in [1.82, 2.24) is 4.90 Å². The average Bonchev–Trinajstić information content (AvgIpc) is 3.19. The second-order valence-electron chi connectivity index (χ2n) is 7.39. The van der Waals surface area contributed by atoms with Crippen molar-refractivity contribution in [2.24, 2.45) is 0 Å². The summed E-state index contributed by atoms with van der Waals surface area (Å²) < 4.78 is 12.1. The predicted molar refractivity (Wildman–Crippen MR) is 102 cm³/mol. The molecular weight excluding hydrogens is 324 g/mol. The van der Waals surface area contributed by atoms with E-state index in [0.29, 0.717) is 6.04 Å². The van der Waals surface area contributed by atoms with Crippen molar-refractivity contribution in [1.29, 1.82) is 0 Å². The van der Waals surface area contributed by atoms with E-state index < -0.39 is 0 Å². The minimum Gasteiger partial charge on any atom is -0.468 e. The third-order valence-corrected chi connectivity index (χ3v) is 5.61. The molecule has 2 aliphatic heterocycles. The Bertz CT molecular complexity index is 937. The zero-order valence-corrected chi connectivity index (χ0v) is 15.1. The molecule has 3 heterocycles. The van der Waals surface area contributed by atoms with Crippen molar-refractivity contribution in [3.05, 3.63) is 72.5 Å². The van der Waals surface area contributed by atoms with Crippen LogP contribution in [0, 0.1) is 0 Å². The minimum absolute atomic E-state index is 0.368. The molecule has 2 unspecified atom stereocenters. The van der Waals surface area contributed by atoms with E-state index in [-0.39, 0.29) is 5.72 Å². The molecule has 2 aliphatic rings. The van der Waals surface area contributed by atoms with Crippen molar-refractivity contribution in [3.63, 3.8) is 0 Å². The Morgan fingerprint density at radius 3 is 2.77 bits per heavy atom. The van der Waals surface area contributed by atoms with E-state index in [2.05, 4.69) is 66.2 Å². The summed E-state index contributed by atoms with van der Waals surface area (Å²) in [7, 11) is 2.19. The lowest BCUT2D eigenvalue weighted by atomic mass is 9.89. The van der Waals surface area contributed by atoms with Gasteiger partial charge in [-0.15, -0.1) is 0 Å². The van der Waals surface area contributed by atoms with E-state index >= 15 is 0 Å². The van der Waals surface area contributed by atoms with E-state index in [0.717, 1.165) is 35.9 Å². The maximum Gasteiger partial charge on any atom is 0.183 e. The number of hydrogen-bond donors (Lipinski definition) is 0. The van der Waals surface area contributed by atoms with Gasteiger partial charge in [-0.3, -0.25) is 4.90 Å². The van der Waals surface area contributed by atoms with Crippen LogP contribution in [0.15, 0.2) is 71.3 Å². The van der Waals surface area contributed by atoms with Gasteiger partial charge in [-0.2, -0.15) is 0 Å². The molecular formula is C22H22N2O2. The summed E-state index contributed by atoms with van der Waals surface area (Å²) in [4.78, 5) is 4.76. The Labute approximate surface area is 153 Å². The van der Waals surface area contributed by atoms with E-state index in [4.69, 9.17) is 9.15 Å². The molecule has 0 radical (unpaired) electrons. The topological polar surface area (TPSA) is 28.9 Å². The van der Waals surface area contributed by atoms with Crippen LogP contribution in [0.5, 0.6) is 5.75 Å². The zero-order valence-electron chi connectivity index (χ0n) is 15.1. The number of anilines is 1. The Morgan fingerprint density at radius 1 is 1.04 bits per heavy atom. The van der Waals surface area contributed by atoms with E-state index in [9.17, 15) is 0 Å². The van der Waals surface area contributed by atoms with Crippen LogP contribution in [-0.2, 0) is 0 Å². The van der Waals surface area contributed by atoms with Crippen LogP contribution in [0.2, 0.25) is 0 Å². The predicted octanol–water partition coefficient (Wildman–Crippen LogP) is 4.90. The Hall–Kier alpha value is -2.72. The van der Waals surface area contributed by atoms with E-state index in [1.165, 1.54) is 5.56 Å². The Kier molecular flexibility index (Phi) is 3.37.